The first-order valence-corrected chi connectivity index (χ1v) is 10.2. The van der Waals surface area contributed by atoms with Crippen molar-refractivity contribution < 1.29 is 19.0 Å². The number of nitrogens with one attached hydrogen (secondary N) is 1. The Labute approximate surface area is 176 Å². The molecule has 1 saturated heterocycles. The van der Waals surface area contributed by atoms with Gasteiger partial charge in [-0.3, -0.25) is 4.79 Å². The molecule has 1 amide bonds. The van der Waals surface area contributed by atoms with Crippen LogP contribution in [-0.4, -0.2) is 31.8 Å². The van der Waals surface area contributed by atoms with E-state index in [0.717, 1.165) is 36.3 Å². The Balaban J connectivity index is 1.22. The van der Waals surface area contributed by atoms with Crippen LogP contribution in [0.25, 0.3) is 11.1 Å². The van der Waals surface area contributed by atoms with Gasteiger partial charge in [-0.2, -0.15) is 0 Å². The molecule has 1 fully saturated rings. The van der Waals surface area contributed by atoms with Gasteiger partial charge in [0.15, 0.2) is 6.61 Å². The monoisotopic (exact) mass is 403 g/mol. The predicted octanol–water partition coefficient (Wildman–Crippen LogP) is 4.93. The van der Waals surface area contributed by atoms with Gasteiger partial charge in [-0.15, -0.1) is 0 Å². The van der Waals surface area contributed by atoms with Gasteiger partial charge in [0.25, 0.3) is 5.91 Å². The average Bonchev–Trinajstić information content (AvgIpc) is 3.32. The lowest BCUT2D eigenvalue weighted by Crippen LogP contribution is -2.20. The fraction of sp³-hybridized carbons (Fsp3) is 0.240. The highest BCUT2D eigenvalue weighted by molar-refractivity contribution is 5.91. The van der Waals surface area contributed by atoms with E-state index in [9.17, 15) is 4.79 Å². The maximum absolute atomic E-state index is 12.2. The van der Waals surface area contributed by atoms with Gasteiger partial charge in [0.1, 0.15) is 18.1 Å². The Morgan fingerprint density at radius 1 is 0.867 bits per heavy atom. The van der Waals surface area contributed by atoms with Gasteiger partial charge in [0.05, 0.1) is 6.10 Å². The number of carbonyl (C=O) groups excluding carboxylic acids is 1. The maximum Gasteiger partial charge on any atom is 0.262 e. The molecule has 1 unspecified atom stereocenters. The highest BCUT2D eigenvalue weighted by Crippen LogP contribution is 2.22. The van der Waals surface area contributed by atoms with Crippen molar-refractivity contribution in [2.24, 2.45) is 0 Å². The summed E-state index contributed by atoms with van der Waals surface area (Å²) in [6, 6.07) is 25.1. The molecule has 0 aliphatic carbocycles. The predicted molar refractivity (Wildman–Crippen MR) is 117 cm³/mol. The first kappa shape index (κ1) is 20.0. The largest absolute Gasteiger partial charge is 0.491 e. The summed E-state index contributed by atoms with van der Waals surface area (Å²) in [7, 11) is 0. The van der Waals surface area contributed by atoms with Crippen molar-refractivity contribution in [1.29, 1.82) is 0 Å². The van der Waals surface area contributed by atoms with E-state index in [-0.39, 0.29) is 18.6 Å². The van der Waals surface area contributed by atoms with Crippen LogP contribution in [0.5, 0.6) is 11.5 Å². The van der Waals surface area contributed by atoms with Crippen LogP contribution in [0.1, 0.15) is 12.8 Å². The molecule has 0 bridgehead atoms. The Morgan fingerprint density at radius 3 is 2.23 bits per heavy atom. The molecule has 1 heterocycles. The minimum absolute atomic E-state index is 0.0536. The first-order valence-electron chi connectivity index (χ1n) is 10.2. The third kappa shape index (κ3) is 5.61. The van der Waals surface area contributed by atoms with E-state index in [0.29, 0.717) is 18.0 Å². The van der Waals surface area contributed by atoms with Gasteiger partial charge < -0.3 is 19.5 Å². The summed E-state index contributed by atoms with van der Waals surface area (Å²) in [4.78, 5) is 12.2. The van der Waals surface area contributed by atoms with Crippen molar-refractivity contribution >= 4 is 11.6 Å². The summed E-state index contributed by atoms with van der Waals surface area (Å²) in [5.41, 5.74) is 2.95. The number of hydrogen-bond acceptors (Lipinski definition) is 4. The second-order valence-electron chi connectivity index (χ2n) is 7.20. The van der Waals surface area contributed by atoms with Crippen LogP contribution in [0.3, 0.4) is 0 Å². The molecular formula is C25H25NO4. The van der Waals surface area contributed by atoms with Gasteiger partial charge in [-0.05, 0) is 60.4 Å². The quantitative estimate of drug-likeness (QED) is 0.579. The van der Waals surface area contributed by atoms with Crippen LogP contribution < -0.4 is 14.8 Å². The summed E-state index contributed by atoms with van der Waals surface area (Å²) in [6.45, 7) is 1.32. The fourth-order valence-corrected chi connectivity index (χ4v) is 3.32. The third-order valence-electron chi connectivity index (χ3n) is 4.93. The molecule has 154 valence electrons. The molecule has 1 aliphatic rings. The van der Waals surface area contributed by atoms with Gasteiger partial charge in [0.2, 0.25) is 0 Å². The minimum atomic E-state index is -0.213. The Kier molecular flexibility index (Phi) is 6.62. The summed E-state index contributed by atoms with van der Waals surface area (Å²) >= 11 is 0. The zero-order chi connectivity index (χ0) is 20.6. The molecular weight excluding hydrogens is 378 g/mol. The number of anilines is 1. The van der Waals surface area contributed by atoms with Crippen LogP contribution in [0.15, 0.2) is 78.9 Å². The van der Waals surface area contributed by atoms with Crippen molar-refractivity contribution in [3.63, 3.8) is 0 Å². The van der Waals surface area contributed by atoms with Crippen LogP contribution >= 0.6 is 0 Å². The van der Waals surface area contributed by atoms with E-state index < -0.39 is 0 Å². The zero-order valence-electron chi connectivity index (χ0n) is 16.8. The summed E-state index contributed by atoms with van der Waals surface area (Å²) in [5.74, 6) is 1.20. The number of hydrogen-bond donors (Lipinski definition) is 1. The lowest BCUT2D eigenvalue weighted by Gasteiger charge is -2.12. The number of ether oxygens (including phenoxy) is 3. The standard InChI is InChI=1S/C25H25NO4/c27-25(18-30-22-12-8-20(9-13-22)19-5-2-1-3-6-19)26-21-10-14-23(15-11-21)29-17-24-7-4-16-28-24/h1-3,5-6,8-15,24H,4,7,16-18H2,(H,26,27). The summed E-state index contributed by atoms with van der Waals surface area (Å²) in [6.07, 6.45) is 2.32. The summed E-state index contributed by atoms with van der Waals surface area (Å²) in [5, 5.41) is 2.83. The number of carbonyl (C=O) groups is 1. The van der Waals surface area contributed by atoms with Crippen LogP contribution in [0.2, 0.25) is 0 Å². The molecule has 5 nitrogen and oxygen atoms in total. The van der Waals surface area contributed by atoms with Crippen molar-refractivity contribution in [3.8, 4) is 22.6 Å². The van der Waals surface area contributed by atoms with Crippen molar-refractivity contribution in [2.45, 2.75) is 18.9 Å². The molecule has 4 rings (SSSR count). The Morgan fingerprint density at radius 2 is 1.53 bits per heavy atom. The van der Waals surface area contributed by atoms with Gasteiger partial charge in [0, 0.05) is 12.3 Å². The van der Waals surface area contributed by atoms with Crippen LogP contribution in [0.4, 0.5) is 5.69 Å². The maximum atomic E-state index is 12.2. The van der Waals surface area contributed by atoms with Crippen molar-refractivity contribution in [3.05, 3.63) is 78.9 Å². The molecule has 1 N–H and O–H groups in total. The lowest BCUT2D eigenvalue weighted by atomic mass is 10.1. The molecule has 0 spiro atoms. The van der Waals surface area contributed by atoms with Crippen LogP contribution in [-0.2, 0) is 9.53 Å². The second kappa shape index (κ2) is 9.94. The van der Waals surface area contributed by atoms with Crippen molar-refractivity contribution in [1.82, 2.24) is 0 Å². The SMILES string of the molecule is O=C(COc1ccc(-c2ccccc2)cc1)Nc1ccc(OCC2CCCO2)cc1. The molecule has 1 aliphatic heterocycles. The van der Waals surface area contributed by atoms with Crippen molar-refractivity contribution in [2.75, 3.05) is 25.1 Å². The fourth-order valence-electron chi connectivity index (χ4n) is 3.32. The highest BCUT2D eigenvalue weighted by Gasteiger charge is 2.15. The Hall–Kier alpha value is -3.31. The second-order valence-corrected chi connectivity index (χ2v) is 7.20. The molecule has 5 heteroatoms. The molecule has 3 aromatic carbocycles. The number of rotatable bonds is 8. The van der Waals surface area contributed by atoms with Gasteiger partial charge >= 0.3 is 0 Å². The van der Waals surface area contributed by atoms with E-state index in [1.54, 1.807) is 0 Å². The van der Waals surface area contributed by atoms with E-state index in [4.69, 9.17) is 14.2 Å². The van der Waals surface area contributed by atoms with Crippen LogP contribution in [0, 0.1) is 0 Å². The zero-order valence-corrected chi connectivity index (χ0v) is 16.8. The van der Waals surface area contributed by atoms with E-state index in [1.165, 1.54) is 0 Å². The molecule has 0 aromatic heterocycles. The number of benzene rings is 3. The van der Waals surface area contributed by atoms with Gasteiger partial charge in [-0.25, -0.2) is 0 Å². The number of amides is 1. The Bertz CT molecular complexity index is 933. The average molecular weight is 403 g/mol. The molecule has 0 radical (unpaired) electrons. The third-order valence-corrected chi connectivity index (χ3v) is 4.93. The van der Waals surface area contributed by atoms with Gasteiger partial charge in [-0.1, -0.05) is 42.5 Å². The molecule has 30 heavy (non-hydrogen) atoms. The van der Waals surface area contributed by atoms with E-state index in [2.05, 4.69) is 17.4 Å². The first-order chi connectivity index (χ1) is 14.8. The van der Waals surface area contributed by atoms with E-state index in [1.807, 2.05) is 66.7 Å². The molecule has 0 saturated carbocycles. The summed E-state index contributed by atoms with van der Waals surface area (Å²) < 4.78 is 16.9. The molecule has 3 aromatic rings. The smallest absolute Gasteiger partial charge is 0.262 e. The highest BCUT2D eigenvalue weighted by atomic mass is 16.5. The normalized spacial score (nSPS) is 15.5. The van der Waals surface area contributed by atoms with E-state index >= 15 is 0 Å². The minimum Gasteiger partial charge on any atom is -0.491 e. The topological polar surface area (TPSA) is 56.8 Å². The molecule has 1 atom stereocenters. The lowest BCUT2D eigenvalue weighted by molar-refractivity contribution is -0.118.